The molecule has 0 aliphatic heterocycles. The van der Waals surface area contributed by atoms with Crippen molar-refractivity contribution in [3.05, 3.63) is 40.6 Å². The first-order valence-corrected chi connectivity index (χ1v) is 6.13. The second-order valence-corrected chi connectivity index (χ2v) is 4.46. The number of aromatic carboxylic acids is 1. The van der Waals surface area contributed by atoms with Gasteiger partial charge in [0.05, 0.1) is 0 Å². The van der Waals surface area contributed by atoms with E-state index in [2.05, 4.69) is 20.9 Å². The van der Waals surface area contributed by atoms with Gasteiger partial charge in [0.1, 0.15) is 11.3 Å². The van der Waals surface area contributed by atoms with Gasteiger partial charge in [0.25, 0.3) is 0 Å². The van der Waals surface area contributed by atoms with Crippen LogP contribution in [0.3, 0.4) is 0 Å². The van der Waals surface area contributed by atoms with Crippen molar-refractivity contribution in [2.45, 2.75) is 13.5 Å². The Bertz CT molecular complexity index is 580. The largest absolute Gasteiger partial charge is 0.478 e. The lowest BCUT2D eigenvalue weighted by molar-refractivity contribution is 0.0694. The first-order valence-electron chi connectivity index (χ1n) is 5.33. The van der Waals surface area contributed by atoms with Crippen LogP contribution >= 0.6 is 15.9 Å². The number of ether oxygens (including phenoxy) is 1. The quantitative estimate of drug-likeness (QED) is 0.942. The van der Waals surface area contributed by atoms with Gasteiger partial charge in [0.2, 0.25) is 0 Å². The normalized spacial score (nSPS) is 10.3. The lowest BCUT2D eigenvalue weighted by atomic mass is 10.2. The molecular formula is C12H11BrN2O3. The molecule has 2 aromatic rings. The highest BCUT2D eigenvalue weighted by atomic mass is 79.9. The smallest absolute Gasteiger partial charge is 0.339 e. The van der Waals surface area contributed by atoms with Gasteiger partial charge in [-0.3, -0.25) is 0 Å². The third-order valence-electron chi connectivity index (χ3n) is 2.39. The van der Waals surface area contributed by atoms with Crippen molar-refractivity contribution in [3.8, 4) is 11.8 Å². The number of carboxylic acids is 1. The Morgan fingerprint density at radius 1 is 1.56 bits per heavy atom. The minimum absolute atomic E-state index is 0.0926. The average Bonchev–Trinajstić information content (AvgIpc) is 2.78. The van der Waals surface area contributed by atoms with Crippen LogP contribution < -0.4 is 4.74 Å². The molecule has 0 aliphatic carbocycles. The molecule has 2 rings (SSSR count). The van der Waals surface area contributed by atoms with Crippen LogP contribution in [0.5, 0.6) is 11.8 Å². The molecule has 0 amide bonds. The van der Waals surface area contributed by atoms with Crippen molar-refractivity contribution in [2.75, 3.05) is 0 Å². The third-order valence-corrected chi connectivity index (χ3v) is 2.88. The van der Waals surface area contributed by atoms with Gasteiger partial charge in [-0.15, -0.1) is 0 Å². The minimum Gasteiger partial charge on any atom is -0.478 e. The Kier molecular flexibility index (Phi) is 3.66. The zero-order chi connectivity index (χ0) is 13.1. The van der Waals surface area contributed by atoms with E-state index in [1.165, 1.54) is 6.07 Å². The molecule has 1 aromatic heterocycles. The van der Waals surface area contributed by atoms with Gasteiger partial charge >= 0.3 is 12.0 Å². The van der Waals surface area contributed by atoms with E-state index in [1.54, 1.807) is 29.1 Å². The number of aryl methyl sites for hydroxylation is 1. The van der Waals surface area contributed by atoms with Gasteiger partial charge in [0, 0.05) is 23.4 Å². The zero-order valence-electron chi connectivity index (χ0n) is 9.63. The molecule has 0 atom stereocenters. The SMILES string of the molecule is CCn1ccnc1Oc1ccc(Br)cc1C(=O)O. The summed E-state index contributed by atoms with van der Waals surface area (Å²) in [5, 5.41) is 9.12. The fourth-order valence-corrected chi connectivity index (χ4v) is 1.86. The number of halogens is 1. The first kappa shape index (κ1) is 12.6. The van der Waals surface area contributed by atoms with Crippen molar-refractivity contribution in [1.82, 2.24) is 9.55 Å². The molecule has 0 spiro atoms. The molecule has 5 nitrogen and oxygen atoms in total. The molecule has 0 saturated carbocycles. The summed E-state index contributed by atoms with van der Waals surface area (Å²) >= 11 is 3.23. The summed E-state index contributed by atoms with van der Waals surface area (Å²) < 4.78 is 8.01. The second-order valence-electron chi connectivity index (χ2n) is 3.54. The summed E-state index contributed by atoms with van der Waals surface area (Å²) in [6, 6.07) is 5.20. The predicted molar refractivity (Wildman–Crippen MR) is 69.1 cm³/mol. The van der Waals surface area contributed by atoms with Crippen LogP contribution in [-0.4, -0.2) is 20.6 Å². The van der Waals surface area contributed by atoms with Crippen LogP contribution in [0.1, 0.15) is 17.3 Å². The topological polar surface area (TPSA) is 64.4 Å². The maximum atomic E-state index is 11.1. The van der Waals surface area contributed by atoms with E-state index in [4.69, 9.17) is 9.84 Å². The van der Waals surface area contributed by atoms with Gasteiger partial charge in [-0.1, -0.05) is 15.9 Å². The number of nitrogens with zero attached hydrogens (tertiary/aromatic N) is 2. The molecule has 0 bridgehead atoms. The maximum absolute atomic E-state index is 11.1. The Labute approximate surface area is 112 Å². The average molecular weight is 311 g/mol. The van der Waals surface area contributed by atoms with Crippen LogP contribution in [0, 0.1) is 0 Å². The van der Waals surface area contributed by atoms with Crippen molar-refractivity contribution >= 4 is 21.9 Å². The van der Waals surface area contributed by atoms with Crippen LogP contribution in [0.15, 0.2) is 35.1 Å². The third kappa shape index (κ3) is 2.53. The number of hydrogen-bond acceptors (Lipinski definition) is 3. The molecule has 6 heteroatoms. The van der Waals surface area contributed by atoms with E-state index in [1.807, 2.05) is 6.92 Å². The van der Waals surface area contributed by atoms with E-state index in [9.17, 15) is 4.79 Å². The highest BCUT2D eigenvalue weighted by molar-refractivity contribution is 9.10. The summed E-state index contributed by atoms with van der Waals surface area (Å²) in [6.07, 6.45) is 3.38. The summed E-state index contributed by atoms with van der Waals surface area (Å²) in [5.41, 5.74) is 0.0926. The van der Waals surface area contributed by atoms with E-state index in [0.29, 0.717) is 17.0 Å². The number of carbonyl (C=O) groups is 1. The summed E-state index contributed by atoms with van der Waals surface area (Å²) in [7, 11) is 0. The van der Waals surface area contributed by atoms with Crippen molar-refractivity contribution in [2.24, 2.45) is 0 Å². The minimum atomic E-state index is -1.04. The van der Waals surface area contributed by atoms with Gasteiger partial charge in [-0.2, -0.15) is 0 Å². The molecule has 0 saturated heterocycles. The summed E-state index contributed by atoms with van der Waals surface area (Å²) in [4.78, 5) is 15.2. The van der Waals surface area contributed by atoms with Gasteiger partial charge < -0.3 is 14.4 Å². The number of rotatable bonds is 4. The predicted octanol–water partition coefficient (Wildman–Crippen LogP) is 3.16. The molecule has 0 fully saturated rings. The van der Waals surface area contributed by atoms with Crippen LogP contribution in [0.25, 0.3) is 0 Å². The van der Waals surface area contributed by atoms with Crippen molar-refractivity contribution in [1.29, 1.82) is 0 Å². The molecule has 1 N–H and O–H groups in total. The number of aromatic nitrogens is 2. The standard InChI is InChI=1S/C12H11BrN2O3/c1-2-15-6-5-14-12(15)18-10-4-3-8(13)7-9(10)11(16)17/h3-7H,2H2,1H3,(H,16,17). The maximum Gasteiger partial charge on any atom is 0.339 e. The Balaban J connectivity index is 2.37. The number of imidazole rings is 1. The summed E-state index contributed by atoms with van der Waals surface area (Å²) in [5.74, 6) is -0.771. The second kappa shape index (κ2) is 5.22. The van der Waals surface area contributed by atoms with E-state index >= 15 is 0 Å². The molecule has 18 heavy (non-hydrogen) atoms. The fraction of sp³-hybridized carbons (Fsp3) is 0.167. The molecule has 0 radical (unpaired) electrons. The molecular weight excluding hydrogens is 300 g/mol. The molecule has 1 heterocycles. The lowest BCUT2D eigenvalue weighted by Crippen LogP contribution is -2.03. The van der Waals surface area contributed by atoms with Gasteiger partial charge in [0.15, 0.2) is 0 Å². The monoisotopic (exact) mass is 310 g/mol. The number of benzene rings is 1. The Morgan fingerprint density at radius 2 is 2.33 bits per heavy atom. The van der Waals surface area contributed by atoms with Crippen LogP contribution in [0.2, 0.25) is 0 Å². The fourth-order valence-electron chi connectivity index (χ4n) is 1.50. The Morgan fingerprint density at radius 3 is 3.00 bits per heavy atom. The lowest BCUT2D eigenvalue weighted by Gasteiger charge is -2.09. The molecule has 1 aromatic carbocycles. The van der Waals surface area contributed by atoms with E-state index in [0.717, 1.165) is 0 Å². The number of carboxylic acid groups (broad SMARTS) is 1. The highest BCUT2D eigenvalue weighted by Crippen LogP contribution is 2.27. The first-order chi connectivity index (χ1) is 8.61. The van der Waals surface area contributed by atoms with Crippen LogP contribution in [0.4, 0.5) is 0 Å². The Hall–Kier alpha value is -1.82. The number of hydrogen-bond donors (Lipinski definition) is 1. The van der Waals surface area contributed by atoms with E-state index < -0.39 is 5.97 Å². The molecule has 0 unspecified atom stereocenters. The zero-order valence-corrected chi connectivity index (χ0v) is 11.2. The molecule has 0 aliphatic rings. The van der Waals surface area contributed by atoms with Crippen molar-refractivity contribution < 1.29 is 14.6 Å². The summed E-state index contributed by atoms with van der Waals surface area (Å²) in [6.45, 7) is 2.66. The molecule has 94 valence electrons. The highest BCUT2D eigenvalue weighted by Gasteiger charge is 2.14. The van der Waals surface area contributed by atoms with Gasteiger partial charge in [-0.25, -0.2) is 9.78 Å². The van der Waals surface area contributed by atoms with Gasteiger partial charge in [-0.05, 0) is 25.1 Å². The van der Waals surface area contributed by atoms with E-state index in [-0.39, 0.29) is 11.3 Å². The van der Waals surface area contributed by atoms with Crippen molar-refractivity contribution in [3.63, 3.8) is 0 Å². The van der Waals surface area contributed by atoms with Crippen LogP contribution in [-0.2, 0) is 6.54 Å².